The summed E-state index contributed by atoms with van der Waals surface area (Å²) in [4.78, 5) is 87.6. The standard InChI is InChI=1S/C31H32FN13O11P2S2/c1-13(2)26(46)40-31-39-25-20(28(48)41-31)37-12-45(25)29-21-17(32)15(53-29)8-51-58(50,60)56-22-18(42-43-33)16(9-52-57(49,59)55-21)54-30(22)44-11-36-19-23(34-10-35-24(19)44)38-27(47)14-6-4-3-5-7-14/h3-7,10-13,15-18,21-22,29-30H,8-9H2,1-2H3,(H,49,59)(H,50,60)(H,34,35,38,47)(H2,39,40,41,46,48)/t15-,16-,17-,18-,21-,22-,29-,30-,57?,58?/m1/s1. The molecule has 3 fully saturated rings. The van der Waals surface area contributed by atoms with Gasteiger partial charge in [0.1, 0.15) is 24.6 Å². The van der Waals surface area contributed by atoms with Gasteiger partial charge in [0.15, 0.2) is 46.8 Å². The number of benzene rings is 1. The number of H-pyrrole nitrogens is 1. The predicted octanol–water partition coefficient (Wildman–Crippen LogP) is 2.87. The van der Waals surface area contributed by atoms with Gasteiger partial charge in [0.25, 0.3) is 11.5 Å². The summed E-state index contributed by atoms with van der Waals surface area (Å²) >= 11 is 10.7. The van der Waals surface area contributed by atoms with E-state index in [1.54, 1.807) is 44.2 Å². The fraction of sp³-hybridized carbons (Fsp3) is 0.419. The van der Waals surface area contributed by atoms with E-state index in [1.807, 2.05) is 0 Å². The highest BCUT2D eigenvalue weighted by molar-refractivity contribution is 8.07. The minimum Gasteiger partial charge on any atom is -0.349 e. The van der Waals surface area contributed by atoms with E-state index in [9.17, 15) is 29.7 Å². The van der Waals surface area contributed by atoms with Gasteiger partial charge in [-0.1, -0.05) is 37.2 Å². The number of nitrogens with zero attached hydrogens (tertiary/aromatic N) is 10. The maximum absolute atomic E-state index is 16.4. The van der Waals surface area contributed by atoms with Crippen molar-refractivity contribution in [3.05, 3.63) is 75.7 Å². The zero-order valence-electron chi connectivity index (χ0n) is 30.9. The molecule has 0 spiro atoms. The number of ether oxygens (including phenoxy) is 2. The summed E-state index contributed by atoms with van der Waals surface area (Å²) in [6.07, 6.45) is -7.67. The van der Waals surface area contributed by atoms with Crippen LogP contribution >= 0.6 is 13.4 Å². The van der Waals surface area contributed by atoms with Crippen LogP contribution in [-0.4, -0.2) is 110 Å². The van der Waals surface area contributed by atoms with E-state index < -0.39 is 99.0 Å². The summed E-state index contributed by atoms with van der Waals surface area (Å²) in [7, 11) is 0. The minimum absolute atomic E-state index is 0.0420. The van der Waals surface area contributed by atoms with E-state index in [2.05, 4.69) is 50.6 Å². The Hall–Kier alpha value is -4.72. The van der Waals surface area contributed by atoms with Crippen molar-refractivity contribution in [3.8, 4) is 0 Å². The molecule has 8 rings (SSSR count). The van der Waals surface area contributed by atoms with Crippen LogP contribution in [-0.2, 0) is 56.0 Å². The van der Waals surface area contributed by atoms with Crippen molar-refractivity contribution in [3.63, 3.8) is 0 Å². The van der Waals surface area contributed by atoms with Crippen molar-refractivity contribution in [2.45, 2.75) is 62.9 Å². The average molecular weight is 908 g/mol. The van der Waals surface area contributed by atoms with Crippen LogP contribution in [0.25, 0.3) is 32.8 Å². The molecule has 7 heterocycles. The molecule has 5 N–H and O–H groups in total. The Labute approximate surface area is 345 Å². The second-order valence-corrected chi connectivity index (χ2v) is 19.3. The van der Waals surface area contributed by atoms with Gasteiger partial charge in [0.05, 0.1) is 38.0 Å². The molecule has 2 amide bonds. The van der Waals surface area contributed by atoms with Gasteiger partial charge < -0.3 is 38.1 Å². The van der Waals surface area contributed by atoms with E-state index >= 15 is 4.39 Å². The summed E-state index contributed by atoms with van der Waals surface area (Å²) in [5.41, 5.74) is 9.06. The van der Waals surface area contributed by atoms with E-state index in [0.717, 1.165) is 17.2 Å². The van der Waals surface area contributed by atoms with Crippen LogP contribution in [0.3, 0.4) is 0 Å². The molecule has 60 heavy (non-hydrogen) atoms. The van der Waals surface area contributed by atoms with Crippen molar-refractivity contribution >= 4 is 83.0 Å². The average Bonchev–Trinajstić information content (AvgIpc) is 3.98. The van der Waals surface area contributed by atoms with Gasteiger partial charge >= 0.3 is 13.4 Å². The molecule has 5 aromatic rings. The first-order valence-electron chi connectivity index (χ1n) is 17.8. The van der Waals surface area contributed by atoms with Gasteiger partial charge in [-0.05, 0) is 41.3 Å². The van der Waals surface area contributed by atoms with Gasteiger partial charge in [-0.3, -0.25) is 38.3 Å². The third-order valence-corrected chi connectivity index (χ3v) is 12.6. The smallest absolute Gasteiger partial charge is 0.325 e. The molecule has 4 aromatic heterocycles. The maximum Gasteiger partial charge on any atom is 0.325 e. The van der Waals surface area contributed by atoms with Crippen LogP contribution in [0.2, 0.25) is 0 Å². The highest BCUT2D eigenvalue weighted by Gasteiger charge is 2.53. The van der Waals surface area contributed by atoms with Crippen LogP contribution in [0.1, 0.15) is 36.7 Å². The number of amides is 2. The number of fused-ring (bicyclic) bond motifs is 6. The molecule has 0 radical (unpaired) electrons. The van der Waals surface area contributed by atoms with Gasteiger partial charge in [-0.15, -0.1) is 0 Å². The molecule has 4 bridgehead atoms. The summed E-state index contributed by atoms with van der Waals surface area (Å²) in [5.74, 6) is -1.60. The van der Waals surface area contributed by atoms with Gasteiger partial charge in [0.2, 0.25) is 11.9 Å². The van der Waals surface area contributed by atoms with Gasteiger partial charge in [-0.25, -0.2) is 24.3 Å². The third kappa shape index (κ3) is 8.32. The predicted molar refractivity (Wildman–Crippen MR) is 212 cm³/mol. The first-order valence-corrected chi connectivity index (χ1v) is 22.9. The number of imidazole rings is 2. The van der Waals surface area contributed by atoms with Crippen LogP contribution < -0.4 is 16.2 Å². The molecule has 24 nitrogen and oxygen atoms in total. The van der Waals surface area contributed by atoms with Crippen LogP contribution in [0.4, 0.5) is 16.2 Å². The van der Waals surface area contributed by atoms with Crippen molar-refractivity contribution in [1.29, 1.82) is 0 Å². The van der Waals surface area contributed by atoms with E-state index in [4.69, 9.17) is 51.2 Å². The molecule has 2 unspecified atom stereocenters. The molecular formula is C31H32FN13O11P2S2. The van der Waals surface area contributed by atoms with Crippen LogP contribution in [0, 0.1) is 5.92 Å². The van der Waals surface area contributed by atoms with Crippen molar-refractivity contribution in [2.75, 3.05) is 23.8 Å². The zero-order chi connectivity index (χ0) is 42.5. The molecule has 3 saturated heterocycles. The Balaban J connectivity index is 1.11. The number of azide groups is 1. The summed E-state index contributed by atoms with van der Waals surface area (Å²) in [6.45, 7) is -7.06. The minimum atomic E-state index is -4.47. The molecular weight excluding hydrogens is 876 g/mol. The number of anilines is 2. The lowest BCUT2D eigenvalue weighted by molar-refractivity contribution is -0.118. The number of rotatable bonds is 7. The number of aromatic amines is 1. The second kappa shape index (κ2) is 16.6. The Bertz CT molecular complexity index is 2690. The SMILES string of the molecule is CC(C)C(=O)Nc1nc2c(ncn2[C@@H]2O[C@@H]3COP(O)(=S)O[C@@H]4[C@H](N=[N+]=[N-])[C@@H](COP(O)(=S)O[C@@H]2[C@@H]3F)O[C@H]4n2cnc3c(NC(=O)c4ccccc4)ncnc32)c(=O)[nH]1. The topological polar surface area (TPSA) is 310 Å². The number of hydrogen-bond acceptors (Lipinski definition) is 17. The summed E-state index contributed by atoms with van der Waals surface area (Å²) in [6, 6.07) is 7.00. The first kappa shape index (κ1) is 42.0. The second-order valence-electron chi connectivity index (χ2n) is 13.7. The fourth-order valence-corrected chi connectivity index (χ4v) is 9.41. The van der Waals surface area contributed by atoms with Crippen LogP contribution in [0.5, 0.6) is 0 Å². The summed E-state index contributed by atoms with van der Waals surface area (Å²) in [5, 5.41) is 9.00. The normalized spacial score (nSPS) is 30.8. The number of carbonyl (C=O) groups is 2. The maximum atomic E-state index is 16.4. The Morgan fingerprint density at radius 3 is 2.28 bits per heavy atom. The zero-order valence-corrected chi connectivity index (χ0v) is 34.3. The molecule has 1 aromatic carbocycles. The monoisotopic (exact) mass is 907 g/mol. The molecule has 0 saturated carbocycles. The van der Waals surface area contributed by atoms with Crippen LogP contribution in [0.15, 0.2) is 59.2 Å². The van der Waals surface area contributed by atoms with E-state index in [-0.39, 0.29) is 34.1 Å². The first-order chi connectivity index (χ1) is 28.6. The number of carbonyl (C=O) groups excluding carboxylic acids is 2. The van der Waals surface area contributed by atoms with Gasteiger partial charge in [-0.2, -0.15) is 4.98 Å². The fourth-order valence-electron chi connectivity index (χ4n) is 6.59. The summed E-state index contributed by atoms with van der Waals surface area (Å²) < 4.78 is 54.1. The van der Waals surface area contributed by atoms with Crippen molar-refractivity contribution in [1.82, 2.24) is 39.0 Å². The third-order valence-electron chi connectivity index (χ3n) is 9.45. The number of halogens is 1. The number of alkyl halides is 1. The lowest BCUT2D eigenvalue weighted by Gasteiger charge is -2.28. The van der Waals surface area contributed by atoms with Crippen molar-refractivity contribution < 1.29 is 51.3 Å². The molecule has 10 atom stereocenters. The van der Waals surface area contributed by atoms with E-state index in [1.165, 1.54) is 10.9 Å². The Morgan fingerprint density at radius 2 is 1.58 bits per heavy atom. The molecule has 0 aliphatic carbocycles. The molecule has 29 heteroatoms. The number of nitrogens with one attached hydrogen (secondary N) is 3. The lowest BCUT2D eigenvalue weighted by atomic mass is 10.1. The molecule has 316 valence electrons. The Morgan fingerprint density at radius 1 is 0.950 bits per heavy atom. The highest BCUT2D eigenvalue weighted by Crippen LogP contribution is 2.55. The van der Waals surface area contributed by atoms with Gasteiger partial charge in [0, 0.05) is 16.4 Å². The lowest BCUT2D eigenvalue weighted by Crippen LogP contribution is -2.35. The Kier molecular flexibility index (Phi) is 11.6. The number of hydrogen-bond donors (Lipinski definition) is 5. The molecule has 3 aliphatic rings. The largest absolute Gasteiger partial charge is 0.349 e. The molecule has 3 aliphatic heterocycles. The van der Waals surface area contributed by atoms with Crippen molar-refractivity contribution in [2.24, 2.45) is 11.0 Å². The highest BCUT2D eigenvalue weighted by atomic mass is 32.5. The number of aromatic nitrogens is 8. The quantitative estimate of drug-likeness (QED) is 0.0678. The van der Waals surface area contributed by atoms with E-state index in [0.29, 0.717) is 5.56 Å².